The Balaban J connectivity index is 2.30. The number of hydrogen-bond acceptors (Lipinski definition) is 5. The molecular formula is C18H27NO4S. The van der Waals surface area contributed by atoms with Crippen LogP contribution in [0.1, 0.15) is 49.2 Å². The largest absolute Gasteiger partial charge is 0.465 e. The summed E-state index contributed by atoms with van der Waals surface area (Å²) in [4.78, 5) is 27.5. The van der Waals surface area contributed by atoms with Crippen LogP contribution < -0.4 is 4.90 Å². The molecule has 1 heterocycles. The number of thiophene rings is 1. The molecule has 0 N–H and O–H groups in total. The van der Waals surface area contributed by atoms with Crippen molar-refractivity contribution in [2.75, 3.05) is 25.7 Å². The van der Waals surface area contributed by atoms with E-state index in [0.29, 0.717) is 23.1 Å². The number of anilines is 1. The minimum absolute atomic E-state index is 0.0194. The van der Waals surface area contributed by atoms with Gasteiger partial charge in [0.05, 0.1) is 25.4 Å². The van der Waals surface area contributed by atoms with Gasteiger partial charge in [0, 0.05) is 13.0 Å². The van der Waals surface area contributed by atoms with Crippen LogP contribution in [0, 0.1) is 11.8 Å². The van der Waals surface area contributed by atoms with Crippen LogP contribution in [-0.4, -0.2) is 38.7 Å². The van der Waals surface area contributed by atoms with Gasteiger partial charge in [-0.25, -0.2) is 4.79 Å². The second kappa shape index (κ2) is 8.62. The van der Waals surface area contributed by atoms with Crippen LogP contribution in [0.25, 0.3) is 0 Å². The second-order valence-electron chi connectivity index (χ2n) is 6.60. The highest BCUT2D eigenvalue weighted by Crippen LogP contribution is 2.34. The second-order valence-corrected chi connectivity index (χ2v) is 7.51. The van der Waals surface area contributed by atoms with Crippen molar-refractivity contribution in [3.63, 3.8) is 0 Å². The molecule has 1 atom stereocenters. The summed E-state index contributed by atoms with van der Waals surface area (Å²) in [5.74, 6) is 0.395. The van der Waals surface area contributed by atoms with E-state index in [-0.39, 0.29) is 17.9 Å². The van der Waals surface area contributed by atoms with E-state index in [9.17, 15) is 9.59 Å². The molecule has 1 aromatic heterocycles. The van der Waals surface area contributed by atoms with Crippen LogP contribution in [-0.2, 0) is 14.3 Å². The molecule has 134 valence electrons. The quantitative estimate of drug-likeness (QED) is 0.731. The Kier molecular flexibility index (Phi) is 6.80. The van der Waals surface area contributed by atoms with Gasteiger partial charge in [0.1, 0.15) is 4.88 Å². The minimum Gasteiger partial charge on any atom is -0.465 e. The number of nitrogens with zero attached hydrogens (tertiary/aromatic N) is 1. The van der Waals surface area contributed by atoms with E-state index in [1.807, 2.05) is 18.4 Å². The van der Waals surface area contributed by atoms with Crippen molar-refractivity contribution in [2.45, 2.75) is 45.6 Å². The van der Waals surface area contributed by atoms with Gasteiger partial charge < -0.3 is 14.4 Å². The number of ether oxygens (including phenoxy) is 2. The molecule has 1 aliphatic rings. The van der Waals surface area contributed by atoms with Gasteiger partial charge in [-0.3, -0.25) is 4.79 Å². The standard InChI is InChI=1S/C18H27NO4S/c1-12-5-7-14(8-6-12)17(20)19(13(2)11-22-3)15-9-10-24-16(15)18(21)23-4/h9-10,12-14H,5-8,11H2,1-4H3. The summed E-state index contributed by atoms with van der Waals surface area (Å²) in [7, 11) is 2.98. The van der Waals surface area contributed by atoms with E-state index in [0.717, 1.165) is 25.7 Å². The lowest BCUT2D eigenvalue weighted by Gasteiger charge is -2.34. The number of amides is 1. The molecular weight excluding hydrogens is 326 g/mol. The fraction of sp³-hybridized carbons (Fsp3) is 0.667. The average Bonchev–Trinajstić information content (AvgIpc) is 3.04. The summed E-state index contributed by atoms with van der Waals surface area (Å²) in [5.41, 5.74) is 0.639. The smallest absolute Gasteiger partial charge is 0.350 e. The van der Waals surface area contributed by atoms with E-state index in [1.54, 1.807) is 12.0 Å². The molecule has 0 aliphatic heterocycles. The zero-order chi connectivity index (χ0) is 17.7. The molecule has 0 saturated heterocycles. The van der Waals surface area contributed by atoms with E-state index >= 15 is 0 Å². The zero-order valence-corrected chi connectivity index (χ0v) is 15.7. The number of hydrogen-bond donors (Lipinski definition) is 0. The van der Waals surface area contributed by atoms with Crippen LogP contribution in [0.15, 0.2) is 11.4 Å². The van der Waals surface area contributed by atoms with E-state index < -0.39 is 5.97 Å². The third-order valence-corrected chi connectivity index (χ3v) is 5.61. The summed E-state index contributed by atoms with van der Waals surface area (Å²) in [6, 6.07) is 1.69. The van der Waals surface area contributed by atoms with Crippen LogP contribution in [0.2, 0.25) is 0 Å². The Morgan fingerprint density at radius 2 is 1.96 bits per heavy atom. The number of carbonyl (C=O) groups is 2. The normalized spacial score (nSPS) is 22.0. The van der Waals surface area contributed by atoms with Crippen molar-refractivity contribution < 1.29 is 19.1 Å². The molecule has 24 heavy (non-hydrogen) atoms. The number of rotatable bonds is 6. The van der Waals surface area contributed by atoms with Gasteiger partial charge in [0.15, 0.2) is 0 Å². The lowest BCUT2D eigenvalue weighted by molar-refractivity contribution is -0.124. The lowest BCUT2D eigenvalue weighted by Crippen LogP contribution is -2.45. The highest BCUT2D eigenvalue weighted by atomic mass is 32.1. The Morgan fingerprint density at radius 1 is 1.29 bits per heavy atom. The molecule has 1 amide bonds. The lowest BCUT2D eigenvalue weighted by atomic mass is 9.82. The Hall–Kier alpha value is -1.40. The first-order valence-electron chi connectivity index (χ1n) is 8.47. The molecule has 1 fully saturated rings. The fourth-order valence-electron chi connectivity index (χ4n) is 3.33. The number of carbonyl (C=O) groups excluding carboxylic acids is 2. The van der Waals surface area contributed by atoms with Crippen molar-refractivity contribution in [1.82, 2.24) is 0 Å². The topological polar surface area (TPSA) is 55.8 Å². The predicted molar refractivity (Wildman–Crippen MR) is 95.6 cm³/mol. The molecule has 0 spiro atoms. The van der Waals surface area contributed by atoms with Gasteiger partial charge in [-0.1, -0.05) is 6.92 Å². The van der Waals surface area contributed by atoms with E-state index in [4.69, 9.17) is 9.47 Å². The average molecular weight is 353 g/mol. The SMILES string of the molecule is COCC(C)N(C(=O)C1CCC(C)CC1)c1ccsc1C(=O)OC. The summed E-state index contributed by atoms with van der Waals surface area (Å²) >= 11 is 1.30. The summed E-state index contributed by atoms with van der Waals surface area (Å²) in [5, 5.41) is 1.82. The third kappa shape index (κ3) is 4.16. The Bertz CT molecular complexity index is 563. The van der Waals surface area contributed by atoms with Crippen LogP contribution in [0.4, 0.5) is 5.69 Å². The van der Waals surface area contributed by atoms with Crippen LogP contribution in [0.3, 0.4) is 0 Å². The summed E-state index contributed by atoms with van der Waals surface area (Å²) in [6.07, 6.45) is 3.98. The van der Waals surface area contributed by atoms with Gasteiger partial charge in [-0.2, -0.15) is 0 Å². The van der Waals surface area contributed by atoms with Gasteiger partial charge in [-0.05, 0) is 50.0 Å². The molecule has 1 aromatic rings. The zero-order valence-electron chi connectivity index (χ0n) is 14.9. The third-order valence-electron chi connectivity index (χ3n) is 4.73. The first kappa shape index (κ1) is 18.9. The van der Waals surface area contributed by atoms with Crippen LogP contribution >= 0.6 is 11.3 Å². The minimum atomic E-state index is -0.403. The van der Waals surface area contributed by atoms with Gasteiger partial charge in [-0.15, -0.1) is 11.3 Å². The molecule has 6 heteroatoms. The van der Waals surface area contributed by atoms with Crippen molar-refractivity contribution in [1.29, 1.82) is 0 Å². The summed E-state index contributed by atoms with van der Waals surface area (Å²) in [6.45, 7) is 4.61. The maximum atomic E-state index is 13.2. The number of esters is 1. The molecule has 0 bridgehead atoms. The predicted octanol–water partition coefficient (Wildman–Crippen LogP) is 3.73. The summed E-state index contributed by atoms with van der Waals surface area (Å²) < 4.78 is 10.1. The monoisotopic (exact) mass is 353 g/mol. The van der Waals surface area contributed by atoms with Gasteiger partial charge in [0.25, 0.3) is 0 Å². The Labute approximate surface area is 147 Å². The molecule has 2 rings (SSSR count). The van der Waals surface area contributed by atoms with Gasteiger partial charge >= 0.3 is 5.97 Å². The fourth-order valence-corrected chi connectivity index (χ4v) is 4.13. The van der Waals surface area contributed by atoms with Crippen molar-refractivity contribution in [3.8, 4) is 0 Å². The molecule has 1 aliphatic carbocycles. The highest BCUT2D eigenvalue weighted by Gasteiger charge is 2.33. The van der Waals surface area contributed by atoms with Crippen molar-refractivity contribution in [2.24, 2.45) is 11.8 Å². The highest BCUT2D eigenvalue weighted by molar-refractivity contribution is 7.12. The maximum Gasteiger partial charge on any atom is 0.350 e. The number of methoxy groups -OCH3 is 2. The van der Waals surface area contributed by atoms with Crippen molar-refractivity contribution >= 4 is 28.9 Å². The molecule has 5 nitrogen and oxygen atoms in total. The molecule has 0 radical (unpaired) electrons. The van der Waals surface area contributed by atoms with Gasteiger partial charge in [0.2, 0.25) is 5.91 Å². The molecule has 1 saturated carbocycles. The molecule has 0 aromatic carbocycles. The van der Waals surface area contributed by atoms with E-state index in [2.05, 4.69) is 6.92 Å². The molecule has 1 unspecified atom stereocenters. The van der Waals surface area contributed by atoms with Crippen LogP contribution in [0.5, 0.6) is 0 Å². The maximum absolute atomic E-state index is 13.2. The first-order valence-corrected chi connectivity index (χ1v) is 9.35. The van der Waals surface area contributed by atoms with E-state index in [1.165, 1.54) is 18.4 Å². The Morgan fingerprint density at radius 3 is 2.54 bits per heavy atom. The van der Waals surface area contributed by atoms with Crippen molar-refractivity contribution in [3.05, 3.63) is 16.3 Å². The first-order chi connectivity index (χ1) is 11.5.